The molecule has 1 nitrogen and oxygen atoms in total. The van der Waals surface area contributed by atoms with Crippen LogP contribution in [0.5, 0.6) is 0 Å². The van der Waals surface area contributed by atoms with Gasteiger partial charge in [0, 0.05) is 11.6 Å². The van der Waals surface area contributed by atoms with Crippen molar-refractivity contribution in [3.8, 4) is 0 Å². The molecule has 1 aromatic carbocycles. The zero-order valence-electron chi connectivity index (χ0n) is 8.91. The van der Waals surface area contributed by atoms with Crippen LogP contribution in [-0.2, 0) is 0 Å². The Kier molecular flexibility index (Phi) is 2.24. The number of rotatable bonds is 1. The third kappa shape index (κ3) is 1.50. The molecule has 0 saturated carbocycles. The molecule has 0 fully saturated rings. The number of nitrogens with zero attached hydrogens (tertiary/aromatic N) is 1. The fourth-order valence-electron chi connectivity index (χ4n) is 1.83. The summed E-state index contributed by atoms with van der Waals surface area (Å²) in [5, 5.41) is 1.29. The van der Waals surface area contributed by atoms with Gasteiger partial charge in [-0.1, -0.05) is 26.0 Å². The first kappa shape index (κ1) is 9.20. The summed E-state index contributed by atoms with van der Waals surface area (Å²) in [7, 11) is 0. The molecule has 14 heavy (non-hydrogen) atoms. The Balaban J connectivity index is 2.80. The van der Waals surface area contributed by atoms with E-state index >= 15 is 0 Å². The van der Waals surface area contributed by atoms with Gasteiger partial charge in [-0.3, -0.25) is 4.98 Å². The van der Waals surface area contributed by atoms with Crippen LogP contribution < -0.4 is 0 Å². The van der Waals surface area contributed by atoms with Crippen molar-refractivity contribution in [2.45, 2.75) is 26.7 Å². The smallest absolute Gasteiger partial charge is 0.0707 e. The van der Waals surface area contributed by atoms with Crippen molar-refractivity contribution in [2.24, 2.45) is 0 Å². The van der Waals surface area contributed by atoms with Crippen LogP contribution in [-0.4, -0.2) is 4.98 Å². The normalized spacial score (nSPS) is 11.1. The van der Waals surface area contributed by atoms with E-state index in [1.807, 2.05) is 12.3 Å². The van der Waals surface area contributed by atoms with Gasteiger partial charge in [0.1, 0.15) is 0 Å². The molecular weight excluding hydrogens is 170 g/mol. The van der Waals surface area contributed by atoms with E-state index < -0.39 is 0 Å². The second-order valence-electron chi connectivity index (χ2n) is 4.08. The Labute approximate surface area is 84.8 Å². The lowest BCUT2D eigenvalue weighted by Gasteiger charge is -2.10. The van der Waals surface area contributed by atoms with Crippen LogP contribution in [0.3, 0.4) is 0 Å². The summed E-state index contributed by atoms with van der Waals surface area (Å²) in [4.78, 5) is 4.39. The second-order valence-corrected chi connectivity index (χ2v) is 4.08. The molecule has 0 radical (unpaired) electrons. The number of aromatic nitrogens is 1. The molecule has 0 saturated heterocycles. The first-order valence-corrected chi connectivity index (χ1v) is 5.04. The fourth-order valence-corrected chi connectivity index (χ4v) is 1.83. The van der Waals surface area contributed by atoms with Gasteiger partial charge in [0.25, 0.3) is 0 Å². The minimum absolute atomic E-state index is 0.557. The highest BCUT2D eigenvalue weighted by Gasteiger charge is 2.05. The summed E-state index contributed by atoms with van der Waals surface area (Å²) >= 11 is 0. The van der Waals surface area contributed by atoms with Crippen LogP contribution in [0.25, 0.3) is 10.9 Å². The molecule has 0 bridgehead atoms. The van der Waals surface area contributed by atoms with Crippen LogP contribution in [0.1, 0.15) is 30.9 Å². The van der Waals surface area contributed by atoms with Crippen molar-refractivity contribution in [2.75, 3.05) is 0 Å². The molecule has 0 aliphatic carbocycles. The summed E-state index contributed by atoms with van der Waals surface area (Å²) in [6.07, 6.45) is 1.85. The molecule has 0 atom stereocenters. The minimum Gasteiger partial charge on any atom is -0.256 e. The number of benzene rings is 1. The van der Waals surface area contributed by atoms with Gasteiger partial charge in [-0.15, -0.1) is 0 Å². The zero-order chi connectivity index (χ0) is 10.1. The van der Waals surface area contributed by atoms with E-state index in [0.29, 0.717) is 5.92 Å². The number of hydrogen-bond acceptors (Lipinski definition) is 1. The van der Waals surface area contributed by atoms with Gasteiger partial charge < -0.3 is 0 Å². The Hall–Kier alpha value is -1.37. The first-order chi connectivity index (χ1) is 6.68. The molecule has 0 aliphatic rings. The average Bonchev–Trinajstić information content (AvgIpc) is 2.16. The Morgan fingerprint density at radius 2 is 2.00 bits per heavy atom. The van der Waals surface area contributed by atoms with Crippen LogP contribution in [0.4, 0.5) is 0 Å². The van der Waals surface area contributed by atoms with Gasteiger partial charge in [-0.2, -0.15) is 0 Å². The maximum absolute atomic E-state index is 4.39. The van der Waals surface area contributed by atoms with Gasteiger partial charge >= 0.3 is 0 Å². The summed E-state index contributed by atoms with van der Waals surface area (Å²) in [5.41, 5.74) is 3.80. The SMILES string of the molecule is Cc1cc(C(C)C)c2cccnc2c1. The van der Waals surface area contributed by atoms with Gasteiger partial charge in [0.2, 0.25) is 0 Å². The molecule has 0 amide bonds. The topological polar surface area (TPSA) is 12.9 Å². The molecule has 1 heterocycles. The van der Waals surface area contributed by atoms with Crippen LogP contribution >= 0.6 is 0 Å². The highest BCUT2D eigenvalue weighted by molar-refractivity contribution is 5.83. The molecule has 1 aromatic heterocycles. The summed E-state index contributed by atoms with van der Waals surface area (Å²) in [6.45, 7) is 6.57. The maximum atomic E-state index is 4.39. The molecule has 1 heteroatoms. The first-order valence-electron chi connectivity index (χ1n) is 5.04. The Bertz CT molecular complexity index is 458. The molecule has 0 spiro atoms. The van der Waals surface area contributed by atoms with Gasteiger partial charge in [-0.05, 0) is 36.1 Å². The van der Waals surface area contributed by atoms with Crippen molar-refractivity contribution in [3.63, 3.8) is 0 Å². The third-order valence-corrected chi connectivity index (χ3v) is 2.52. The van der Waals surface area contributed by atoms with E-state index in [0.717, 1.165) is 5.52 Å². The quantitative estimate of drug-likeness (QED) is 0.660. The zero-order valence-corrected chi connectivity index (χ0v) is 8.91. The Morgan fingerprint density at radius 3 is 2.71 bits per heavy atom. The van der Waals surface area contributed by atoms with Crippen LogP contribution in [0.15, 0.2) is 30.5 Å². The van der Waals surface area contributed by atoms with Crippen molar-refractivity contribution >= 4 is 10.9 Å². The molecule has 2 aromatic rings. The van der Waals surface area contributed by atoms with E-state index in [2.05, 4.69) is 44.0 Å². The van der Waals surface area contributed by atoms with Crippen LogP contribution in [0, 0.1) is 6.92 Å². The fraction of sp³-hybridized carbons (Fsp3) is 0.308. The number of aryl methyl sites for hydroxylation is 1. The lowest BCUT2D eigenvalue weighted by atomic mass is 9.96. The van der Waals surface area contributed by atoms with Crippen molar-refractivity contribution in [1.82, 2.24) is 4.98 Å². The monoisotopic (exact) mass is 185 g/mol. The van der Waals surface area contributed by atoms with E-state index in [9.17, 15) is 0 Å². The van der Waals surface area contributed by atoms with Gasteiger partial charge in [0.15, 0.2) is 0 Å². The molecule has 2 rings (SSSR count). The largest absolute Gasteiger partial charge is 0.256 e. The standard InChI is InChI=1S/C13H15N/c1-9(2)12-7-10(3)8-13-11(12)5-4-6-14-13/h4-9H,1-3H3. The molecule has 0 aliphatic heterocycles. The van der Waals surface area contributed by atoms with Gasteiger partial charge in [0.05, 0.1) is 5.52 Å². The predicted molar refractivity (Wildman–Crippen MR) is 60.6 cm³/mol. The van der Waals surface area contributed by atoms with Crippen molar-refractivity contribution < 1.29 is 0 Å². The van der Waals surface area contributed by atoms with Gasteiger partial charge in [-0.25, -0.2) is 0 Å². The second kappa shape index (κ2) is 3.41. The summed E-state index contributed by atoms with van der Waals surface area (Å²) < 4.78 is 0. The molecule has 0 unspecified atom stereocenters. The molecule has 0 N–H and O–H groups in total. The number of fused-ring (bicyclic) bond motifs is 1. The number of pyridine rings is 1. The molecule has 72 valence electrons. The van der Waals surface area contributed by atoms with E-state index in [4.69, 9.17) is 0 Å². The third-order valence-electron chi connectivity index (χ3n) is 2.52. The van der Waals surface area contributed by atoms with E-state index in [-0.39, 0.29) is 0 Å². The lowest BCUT2D eigenvalue weighted by Crippen LogP contribution is -1.92. The minimum atomic E-state index is 0.557. The van der Waals surface area contributed by atoms with Crippen molar-refractivity contribution in [3.05, 3.63) is 41.6 Å². The van der Waals surface area contributed by atoms with E-state index in [1.165, 1.54) is 16.5 Å². The summed E-state index contributed by atoms with van der Waals surface area (Å²) in [5.74, 6) is 0.557. The highest BCUT2D eigenvalue weighted by atomic mass is 14.6. The Morgan fingerprint density at radius 1 is 1.21 bits per heavy atom. The van der Waals surface area contributed by atoms with Crippen molar-refractivity contribution in [1.29, 1.82) is 0 Å². The predicted octanol–water partition coefficient (Wildman–Crippen LogP) is 3.67. The van der Waals surface area contributed by atoms with Crippen LogP contribution in [0.2, 0.25) is 0 Å². The highest BCUT2D eigenvalue weighted by Crippen LogP contribution is 2.25. The maximum Gasteiger partial charge on any atom is 0.0707 e. The summed E-state index contributed by atoms with van der Waals surface area (Å²) in [6, 6.07) is 8.55. The van der Waals surface area contributed by atoms with E-state index in [1.54, 1.807) is 0 Å². The average molecular weight is 185 g/mol. The molecular formula is C13H15N. The lowest BCUT2D eigenvalue weighted by molar-refractivity contribution is 0.874. The number of hydrogen-bond donors (Lipinski definition) is 0.